The maximum Gasteiger partial charge on any atom is 0.122 e. The molecule has 4 N–H and O–H groups in total. The van der Waals surface area contributed by atoms with Crippen molar-refractivity contribution in [3.05, 3.63) is 174 Å². The lowest BCUT2D eigenvalue weighted by atomic mass is 9.97. The number of aryl methyl sites for hydroxylation is 3. The highest BCUT2D eigenvalue weighted by Gasteiger charge is 2.22. The molecule has 326 valence electrons. The Bertz CT molecular complexity index is 3360. The highest BCUT2D eigenvalue weighted by atomic mass is 16.5. The van der Waals surface area contributed by atoms with Gasteiger partial charge < -0.3 is 25.3 Å². The Kier molecular flexibility index (Phi) is 11.8. The average Bonchev–Trinajstić information content (AvgIpc) is 3.98. The van der Waals surface area contributed by atoms with Gasteiger partial charge in [0, 0.05) is 59.4 Å². The van der Waals surface area contributed by atoms with Crippen molar-refractivity contribution >= 4 is 22.1 Å². The number of pyridine rings is 2. The van der Waals surface area contributed by atoms with Crippen LogP contribution in [0.2, 0.25) is 0 Å². The molecule has 66 heavy (non-hydrogen) atoms. The minimum Gasteiger partial charge on any atom is -0.496 e. The van der Waals surface area contributed by atoms with Crippen LogP contribution in [-0.4, -0.2) is 63.5 Å². The van der Waals surface area contributed by atoms with Gasteiger partial charge >= 0.3 is 0 Å². The SMILES string of the molecule is COc1ccccc1CCNCc1nc(-c2cc(-c3cc(-c4[nH]c(CNCc5ccccc5C)nc4-c4cccc(C)n4)cc4nccnc34)cc(C)n2)c(-c2ccc3nccnc3c2)[nH]1. The molecule has 0 fully saturated rings. The minimum absolute atomic E-state index is 0.516. The van der Waals surface area contributed by atoms with Gasteiger partial charge in [-0.1, -0.05) is 54.6 Å². The van der Waals surface area contributed by atoms with Crippen molar-refractivity contribution in [1.82, 2.24) is 60.5 Å². The third kappa shape index (κ3) is 8.90. The fourth-order valence-corrected chi connectivity index (χ4v) is 8.44. The van der Waals surface area contributed by atoms with E-state index in [0.29, 0.717) is 18.8 Å². The van der Waals surface area contributed by atoms with Crippen LogP contribution in [0, 0.1) is 20.8 Å². The number of nitrogens with one attached hydrogen (secondary N) is 4. The third-order valence-electron chi connectivity index (χ3n) is 11.7. The quantitative estimate of drug-likeness (QED) is 0.0724. The van der Waals surface area contributed by atoms with Crippen LogP contribution in [-0.2, 0) is 26.1 Å². The van der Waals surface area contributed by atoms with Crippen LogP contribution in [0.1, 0.15) is 39.7 Å². The molecule has 0 unspecified atom stereocenters. The molecular weight excluding hydrogens is 821 g/mol. The second kappa shape index (κ2) is 18.6. The molecule has 0 aliphatic rings. The van der Waals surface area contributed by atoms with E-state index >= 15 is 0 Å². The van der Waals surface area contributed by atoms with Gasteiger partial charge in [0.15, 0.2) is 0 Å². The summed E-state index contributed by atoms with van der Waals surface area (Å²) in [4.78, 5) is 46.6. The van der Waals surface area contributed by atoms with Gasteiger partial charge in [-0.2, -0.15) is 0 Å². The molecule has 0 bridgehead atoms. The molecule has 4 aromatic carbocycles. The molecule has 0 saturated heterocycles. The van der Waals surface area contributed by atoms with E-state index in [1.54, 1.807) is 31.9 Å². The molecule has 6 aromatic heterocycles. The summed E-state index contributed by atoms with van der Waals surface area (Å²) in [7, 11) is 1.70. The van der Waals surface area contributed by atoms with Crippen LogP contribution in [0.3, 0.4) is 0 Å². The van der Waals surface area contributed by atoms with Crippen molar-refractivity contribution in [3.63, 3.8) is 0 Å². The molecule has 0 atom stereocenters. The molecule has 0 aliphatic carbocycles. The first-order chi connectivity index (χ1) is 32.4. The fourth-order valence-electron chi connectivity index (χ4n) is 8.44. The Labute approximate surface area is 382 Å². The normalized spacial score (nSPS) is 11.5. The molecule has 0 amide bonds. The zero-order chi connectivity index (χ0) is 45.0. The first-order valence-corrected chi connectivity index (χ1v) is 22.0. The number of benzene rings is 4. The first-order valence-electron chi connectivity index (χ1n) is 22.0. The van der Waals surface area contributed by atoms with Gasteiger partial charge in [-0.15, -0.1) is 0 Å². The largest absolute Gasteiger partial charge is 0.496 e. The fraction of sp³-hybridized carbons (Fsp3) is 0.170. The van der Waals surface area contributed by atoms with Crippen LogP contribution < -0.4 is 15.4 Å². The number of H-pyrrole nitrogens is 2. The number of aromatic amines is 2. The highest BCUT2D eigenvalue weighted by molar-refractivity contribution is 5.97. The molecule has 0 spiro atoms. The lowest BCUT2D eigenvalue weighted by Gasteiger charge is -2.12. The van der Waals surface area contributed by atoms with Gasteiger partial charge in [-0.05, 0) is 111 Å². The van der Waals surface area contributed by atoms with E-state index in [4.69, 9.17) is 34.6 Å². The van der Waals surface area contributed by atoms with E-state index < -0.39 is 0 Å². The number of ether oxygens (including phenoxy) is 1. The summed E-state index contributed by atoms with van der Waals surface area (Å²) in [6.45, 7) is 8.64. The van der Waals surface area contributed by atoms with E-state index in [1.165, 1.54) is 11.1 Å². The Morgan fingerprint density at radius 2 is 1.20 bits per heavy atom. The van der Waals surface area contributed by atoms with E-state index in [1.807, 2.05) is 68.4 Å². The number of methoxy groups -OCH3 is 1. The van der Waals surface area contributed by atoms with Crippen LogP contribution in [0.15, 0.2) is 134 Å². The van der Waals surface area contributed by atoms with Crippen molar-refractivity contribution in [2.75, 3.05) is 13.7 Å². The zero-order valence-corrected chi connectivity index (χ0v) is 37.2. The van der Waals surface area contributed by atoms with Crippen molar-refractivity contribution < 1.29 is 4.74 Å². The van der Waals surface area contributed by atoms with Crippen LogP contribution in [0.4, 0.5) is 0 Å². The van der Waals surface area contributed by atoms with Crippen molar-refractivity contribution in [3.8, 4) is 62.2 Å². The number of hydrogen-bond acceptors (Lipinski definition) is 11. The predicted octanol–water partition coefficient (Wildman–Crippen LogP) is 9.70. The summed E-state index contributed by atoms with van der Waals surface area (Å²) in [5, 5.41) is 7.18. The molecule has 10 rings (SSSR count). The molecular formula is C53H48N12O. The Morgan fingerprint density at radius 3 is 2.00 bits per heavy atom. The van der Waals surface area contributed by atoms with Gasteiger partial charge in [-0.3, -0.25) is 29.9 Å². The highest BCUT2D eigenvalue weighted by Crippen LogP contribution is 2.38. The number of rotatable bonds is 15. The molecule has 0 radical (unpaired) electrons. The van der Waals surface area contributed by atoms with E-state index in [9.17, 15) is 0 Å². The number of nitrogens with zero attached hydrogens (tertiary/aromatic N) is 8. The summed E-state index contributed by atoms with van der Waals surface area (Å²) in [5.41, 5.74) is 16.8. The second-order valence-corrected chi connectivity index (χ2v) is 16.3. The van der Waals surface area contributed by atoms with E-state index in [0.717, 1.165) is 127 Å². The average molecular weight is 869 g/mol. The second-order valence-electron chi connectivity index (χ2n) is 16.3. The van der Waals surface area contributed by atoms with Gasteiger partial charge in [0.1, 0.15) is 28.8 Å². The molecule has 0 aliphatic heterocycles. The number of aromatic nitrogens is 10. The summed E-state index contributed by atoms with van der Waals surface area (Å²) < 4.78 is 5.59. The predicted molar refractivity (Wildman–Crippen MR) is 259 cm³/mol. The summed E-state index contributed by atoms with van der Waals surface area (Å²) in [6.07, 6.45) is 7.68. The smallest absolute Gasteiger partial charge is 0.122 e. The topological polar surface area (TPSA) is 168 Å². The number of imidazole rings is 2. The molecule has 13 heteroatoms. The first kappa shape index (κ1) is 42.0. The van der Waals surface area contributed by atoms with Crippen molar-refractivity contribution in [2.45, 2.75) is 46.8 Å². The summed E-state index contributed by atoms with van der Waals surface area (Å²) in [5.74, 6) is 2.46. The lowest BCUT2D eigenvalue weighted by Crippen LogP contribution is -2.17. The Morgan fingerprint density at radius 1 is 0.515 bits per heavy atom. The Hall–Kier alpha value is -8.00. The minimum atomic E-state index is 0.516. The van der Waals surface area contributed by atoms with Crippen LogP contribution >= 0.6 is 0 Å². The summed E-state index contributed by atoms with van der Waals surface area (Å²) in [6, 6.07) is 37.0. The van der Waals surface area contributed by atoms with Crippen LogP contribution in [0.5, 0.6) is 5.75 Å². The maximum atomic E-state index is 5.59. The van der Waals surface area contributed by atoms with Crippen molar-refractivity contribution in [2.24, 2.45) is 0 Å². The number of fused-ring (bicyclic) bond motifs is 2. The standard InChI is InChI=1S/C53H48N12O/c1-32-10-5-6-13-37(32)29-55-31-48-63-50(52(64-48)42-14-9-11-33(2)60-42)39-25-40(51-44(28-39)58-22-23-59-51)38-24-34(3)61-45(27-38)53-49(36-16-17-41-43(26-36)57-21-20-56-41)62-47(65-53)30-54-19-18-35-12-7-8-15-46(35)66-4/h5-17,20-28,54-55H,18-19,29-31H2,1-4H3,(H,62,65)(H,63,64). The Balaban J connectivity index is 1.04. The third-order valence-corrected chi connectivity index (χ3v) is 11.7. The van der Waals surface area contributed by atoms with Gasteiger partial charge in [0.05, 0.1) is 65.0 Å². The number of hydrogen-bond donors (Lipinski definition) is 4. The van der Waals surface area contributed by atoms with Gasteiger partial charge in [0.25, 0.3) is 0 Å². The lowest BCUT2D eigenvalue weighted by molar-refractivity contribution is 0.409. The molecule has 6 heterocycles. The maximum absolute atomic E-state index is 5.59. The monoisotopic (exact) mass is 868 g/mol. The molecule has 13 nitrogen and oxygen atoms in total. The van der Waals surface area contributed by atoms with E-state index in [2.05, 4.69) is 92.1 Å². The van der Waals surface area contributed by atoms with Crippen LogP contribution in [0.25, 0.3) is 78.5 Å². The van der Waals surface area contributed by atoms with Crippen molar-refractivity contribution in [1.29, 1.82) is 0 Å². The molecule has 0 saturated carbocycles. The summed E-state index contributed by atoms with van der Waals surface area (Å²) >= 11 is 0. The zero-order valence-electron chi connectivity index (χ0n) is 37.2. The van der Waals surface area contributed by atoms with Gasteiger partial charge in [-0.25, -0.2) is 9.97 Å². The number of para-hydroxylation sites is 1. The van der Waals surface area contributed by atoms with Gasteiger partial charge in [0.2, 0.25) is 0 Å². The van der Waals surface area contributed by atoms with E-state index in [-0.39, 0.29) is 0 Å². The molecule has 10 aromatic rings.